The van der Waals surface area contributed by atoms with Gasteiger partial charge in [-0.25, -0.2) is 0 Å². The Morgan fingerprint density at radius 1 is 0.917 bits per heavy atom. The monoisotopic (exact) mass is 333 g/mol. The lowest BCUT2D eigenvalue weighted by Crippen LogP contribution is -2.28. The second-order valence-corrected chi connectivity index (χ2v) is 9.02. The van der Waals surface area contributed by atoms with E-state index in [0.717, 1.165) is 25.2 Å². The molecule has 0 unspecified atom stereocenters. The van der Waals surface area contributed by atoms with Crippen molar-refractivity contribution in [2.45, 2.75) is 86.0 Å². The van der Waals surface area contributed by atoms with E-state index in [0.29, 0.717) is 5.75 Å². The Hall–Kier alpha value is -1.18. The highest BCUT2D eigenvalue weighted by Crippen LogP contribution is 2.39. The predicted octanol–water partition coefficient (Wildman–Crippen LogP) is 6.51. The first-order valence-corrected chi connectivity index (χ1v) is 9.69. The Bertz CT molecular complexity index is 491. The van der Waals surface area contributed by atoms with Gasteiger partial charge in [0.2, 0.25) is 0 Å². The molecule has 0 spiro atoms. The van der Waals surface area contributed by atoms with Crippen molar-refractivity contribution in [1.29, 1.82) is 0 Å². The van der Waals surface area contributed by atoms with Crippen LogP contribution in [-0.2, 0) is 5.41 Å². The molecule has 0 radical (unpaired) electrons. The molecule has 0 heterocycles. The highest BCUT2D eigenvalue weighted by atomic mass is 16.3. The molecular weight excluding hydrogens is 294 g/mol. The van der Waals surface area contributed by atoms with E-state index < -0.39 is 0 Å². The van der Waals surface area contributed by atoms with Crippen molar-refractivity contribution in [3.8, 4) is 5.75 Å². The molecule has 0 aliphatic carbocycles. The molecule has 0 aliphatic heterocycles. The van der Waals surface area contributed by atoms with E-state index in [1.54, 1.807) is 0 Å². The van der Waals surface area contributed by atoms with Crippen molar-refractivity contribution in [1.82, 2.24) is 0 Å². The van der Waals surface area contributed by atoms with Crippen LogP contribution >= 0.6 is 0 Å². The van der Waals surface area contributed by atoms with Crippen LogP contribution in [0.4, 0.5) is 5.69 Å². The number of hydrogen-bond acceptors (Lipinski definition) is 2. The summed E-state index contributed by atoms with van der Waals surface area (Å²) in [6.45, 7) is 18.0. The molecule has 0 atom stereocenters. The van der Waals surface area contributed by atoms with Crippen molar-refractivity contribution in [3.05, 3.63) is 23.8 Å². The summed E-state index contributed by atoms with van der Waals surface area (Å²) in [4.78, 5) is 2.37. The molecule has 2 heteroatoms. The molecule has 0 fully saturated rings. The van der Waals surface area contributed by atoms with E-state index >= 15 is 0 Å². The molecule has 0 aliphatic rings. The SMILES string of the molecule is CCCCN(CCCC)c1cc(C(C)(C)CC(C)(C)C)ccc1O. The number of phenols is 1. The molecule has 1 N–H and O–H groups in total. The zero-order valence-electron chi connectivity index (χ0n) is 17.1. The minimum Gasteiger partial charge on any atom is -0.506 e. The second kappa shape index (κ2) is 8.78. The molecule has 0 saturated heterocycles. The van der Waals surface area contributed by atoms with Crippen molar-refractivity contribution in [3.63, 3.8) is 0 Å². The molecule has 1 rings (SSSR count). The summed E-state index contributed by atoms with van der Waals surface area (Å²) >= 11 is 0. The van der Waals surface area contributed by atoms with Gasteiger partial charge in [0.15, 0.2) is 0 Å². The van der Waals surface area contributed by atoms with E-state index in [9.17, 15) is 5.11 Å². The van der Waals surface area contributed by atoms with E-state index in [2.05, 4.69) is 65.5 Å². The van der Waals surface area contributed by atoms with Crippen LogP contribution in [-0.4, -0.2) is 18.2 Å². The largest absolute Gasteiger partial charge is 0.506 e. The lowest BCUT2D eigenvalue weighted by atomic mass is 9.72. The van der Waals surface area contributed by atoms with Gasteiger partial charge in [-0.15, -0.1) is 0 Å². The second-order valence-electron chi connectivity index (χ2n) is 9.02. The maximum absolute atomic E-state index is 10.5. The van der Waals surface area contributed by atoms with Crippen molar-refractivity contribution < 1.29 is 5.11 Å². The summed E-state index contributed by atoms with van der Waals surface area (Å²) in [6, 6.07) is 6.22. The first-order chi connectivity index (χ1) is 11.1. The number of hydrogen-bond donors (Lipinski definition) is 1. The lowest BCUT2D eigenvalue weighted by Gasteiger charge is -2.34. The van der Waals surface area contributed by atoms with Crippen LogP contribution in [0.25, 0.3) is 0 Å². The van der Waals surface area contributed by atoms with Gasteiger partial charge in [0.1, 0.15) is 5.75 Å². The van der Waals surface area contributed by atoms with Crippen LogP contribution in [0.15, 0.2) is 18.2 Å². The number of unbranched alkanes of at least 4 members (excludes halogenated alkanes) is 2. The van der Waals surface area contributed by atoms with Gasteiger partial charge in [-0.05, 0) is 47.8 Å². The maximum atomic E-state index is 10.5. The van der Waals surface area contributed by atoms with Crippen LogP contribution in [0.1, 0.15) is 86.1 Å². The van der Waals surface area contributed by atoms with Gasteiger partial charge < -0.3 is 10.0 Å². The van der Waals surface area contributed by atoms with Crippen molar-refractivity contribution in [2.75, 3.05) is 18.0 Å². The molecule has 1 aromatic rings. The third-order valence-electron chi connectivity index (χ3n) is 4.63. The fourth-order valence-electron chi connectivity index (χ4n) is 3.68. The highest BCUT2D eigenvalue weighted by molar-refractivity contribution is 5.60. The Balaban J connectivity index is 3.13. The van der Waals surface area contributed by atoms with Crippen LogP contribution in [0.5, 0.6) is 5.75 Å². The molecule has 0 bridgehead atoms. The first-order valence-electron chi connectivity index (χ1n) is 9.69. The van der Waals surface area contributed by atoms with E-state index in [-0.39, 0.29) is 10.8 Å². The van der Waals surface area contributed by atoms with Gasteiger partial charge >= 0.3 is 0 Å². The summed E-state index contributed by atoms with van der Waals surface area (Å²) in [5, 5.41) is 10.5. The first kappa shape index (κ1) is 20.9. The lowest BCUT2D eigenvalue weighted by molar-refractivity contribution is 0.284. The number of benzene rings is 1. The van der Waals surface area contributed by atoms with E-state index in [1.165, 1.54) is 31.2 Å². The highest BCUT2D eigenvalue weighted by Gasteiger charge is 2.28. The van der Waals surface area contributed by atoms with Crippen LogP contribution in [0.2, 0.25) is 0 Å². The predicted molar refractivity (Wildman–Crippen MR) is 107 cm³/mol. The molecule has 2 nitrogen and oxygen atoms in total. The topological polar surface area (TPSA) is 23.5 Å². The van der Waals surface area contributed by atoms with Gasteiger partial charge in [0.05, 0.1) is 5.69 Å². The van der Waals surface area contributed by atoms with Crippen molar-refractivity contribution >= 4 is 5.69 Å². The van der Waals surface area contributed by atoms with Crippen LogP contribution in [0.3, 0.4) is 0 Å². The maximum Gasteiger partial charge on any atom is 0.138 e. The summed E-state index contributed by atoms with van der Waals surface area (Å²) < 4.78 is 0. The molecule has 0 aromatic heterocycles. The smallest absolute Gasteiger partial charge is 0.138 e. The molecule has 1 aromatic carbocycles. The van der Waals surface area contributed by atoms with Crippen LogP contribution in [0, 0.1) is 5.41 Å². The van der Waals surface area contributed by atoms with Gasteiger partial charge in [0, 0.05) is 13.1 Å². The fourth-order valence-corrected chi connectivity index (χ4v) is 3.68. The molecule has 0 saturated carbocycles. The number of anilines is 1. The zero-order valence-corrected chi connectivity index (χ0v) is 17.1. The quantitative estimate of drug-likeness (QED) is 0.556. The normalized spacial score (nSPS) is 12.5. The Morgan fingerprint density at radius 2 is 1.46 bits per heavy atom. The molecule has 24 heavy (non-hydrogen) atoms. The average Bonchev–Trinajstić information content (AvgIpc) is 2.46. The fraction of sp³-hybridized carbons (Fsp3) is 0.727. The molecule has 0 amide bonds. The Morgan fingerprint density at radius 3 is 1.92 bits per heavy atom. The van der Waals surface area contributed by atoms with Gasteiger partial charge in [-0.3, -0.25) is 0 Å². The van der Waals surface area contributed by atoms with Gasteiger partial charge in [-0.2, -0.15) is 0 Å². The number of nitrogens with zero attached hydrogens (tertiary/aromatic N) is 1. The minimum atomic E-state index is 0.0991. The molecular formula is C22H39NO. The average molecular weight is 334 g/mol. The number of aromatic hydroxyl groups is 1. The summed E-state index contributed by atoms with van der Waals surface area (Å²) in [5.74, 6) is 0.414. The van der Waals surface area contributed by atoms with Gasteiger partial charge in [-0.1, -0.05) is 67.4 Å². The summed E-state index contributed by atoms with van der Waals surface area (Å²) in [6.07, 6.45) is 5.81. The summed E-state index contributed by atoms with van der Waals surface area (Å²) in [7, 11) is 0. The third-order valence-corrected chi connectivity index (χ3v) is 4.63. The number of rotatable bonds is 9. The standard InChI is InChI=1S/C22H39NO/c1-8-10-14-23(15-11-9-2)19-16-18(12-13-20(19)24)22(6,7)17-21(3,4)5/h12-13,16,24H,8-11,14-15,17H2,1-7H3. The Labute approximate surface area is 150 Å². The summed E-state index contributed by atoms with van der Waals surface area (Å²) in [5.41, 5.74) is 2.72. The van der Waals surface area contributed by atoms with Gasteiger partial charge in [0.25, 0.3) is 0 Å². The Kier molecular flexibility index (Phi) is 7.63. The van der Waals surface area contributed by atoms with Crippen molar-refractivity contribution in [2.24, 2.45) is 5.41 Å². The van der Waals surface area contributed by atoms with E-state index in [1.807, 2.05) is 6.07 Å². The zero-order chi connectivity index (χ0) is 18.4. The van der Waals surface area contributed by atoms with Crippen LogP contribution < -0.4 is 4.90 Å². The third kappa shape index (κ3) is 6.37. The van der Waals surface area contributed by atoms with E-state index in [4.69, 9.17) is 0 Å². The number of phenolic OH excluding ortho intramolecular Hbond substituents is 1. The minimum absolute atomic E-state index is 0.0991. The molecule has 138 valence electrons.